The summed E-state index contributed by atoms with van der Waals surface area (Å²) in [4.78, 5) is 11.5. The van der Waals surface area contributed by atoms with Crippen LogP contribution in [0.5, 0.6) is 0 Å². The van der Waals surface area contributed by atoms with Gasteiger partial charge in [-0.3, -0.25) is 4.57 Å². The molecule has 1 aromatic heterocycles. The molecule has 0 radical (unpaired) electrons. The third-order valence-electron chi connectivity index (χ3n) is 2.41. The molecule has 0 amide bonds. The Hall–Kier alpha value is -1.14. The number of H-pyrrole nitrogens is 1. The highest BCUT2D eigenvalue weighted by molar-refractivity contribution is 4.95. The van der Waals surface area contributed by atoms with Crippen molar-refractivity contribution in [2.24, 2.45) is 5.73 Å². The standard InChI is InChI=1S/C8H14N4O2/c1-5(9)7-10-11-8(13)12(7)6-2-3-14-4-6/h5-6H,2-4,9H2,1H3,(H,11,13). The third-order valence-corrected chi connectivity index (χ3v) is 2.41. The van der Waals surface area contributed by atoms with Gasteiger partial charge in [0, 0.05) is 6.61 Å². The van der Waals surface area contributed by atoms with E-state index in [0.717, 1.165) is 6.42 Å². The second-order valence-electron chi connectivity index (χ2n) is 3.56. The molecule has 1 aromatic rings. The zero-order valence-electron chi connectivity index (χ0n) is 8.06. The van der Waals surface area contributed by atoms with E-state index in [1.807, 2.05) is 6.92 Å². The molecule has 1 fully saturated rings. The number of aromatic amines is 1. The van der Waals surface area contributed by atoms with Crippen molar-refractivity contribution in [3.63, 3.8) is 0 Å². The molecule has 1 aliphatic heterocycles. The normalized spacial score (nSPS) is 24.0. The lowest BCUT2D eigenvalue weighted by Gasteiger charge is -2.12. The fraction of sp³-hybridized carbons (Fsp3) is 0.750. The van der Waals surface area contributed by atoms with Crippen LogP contribution in [0.3, 0.4) is 0 Å². The summed E-state index contributed by atoms with van der Waals surface area (Å²) in [6, 6.07) is -0.156. The molecule has 3 N–H and O–H groups in total. The van der Waals surface area contributed by atoms with Gasteiger partial charge < -0.3 is 10.5 Å². The minimum absolute atomic E-state index is 0.0854. The highest BCUT2D eigenvalue weighted by Crippen LogP contribution is 2.19. The molecule has 0 aliphatic carbocycles. The molecule has 2 atom stereocenters. The maximum atomic E-state index is 11.5. The monoisotopic (exact) mass is 198 g/mol. The van der Waals surface area contributed by atoms with Gasteiger partial charge >= 0.3 is 5.69 Å². The van der Waals surface area contributed by atoms with Gasteiger partial charge in [-0.1, -0.05) is 0 Å². The van der Waals surface area contributed by atoms with E-state index in [0.29, 0.717) is 19.0 Å². The third kappa shape index (κ3) is 1.46. The molecule has 0 spiro atoms. The van der Waals surface area contributed by atoms with E-state index in [2.05, 4.69) is 10.2 Å². The first-order valence-corrected chi connectivity index (χ1v) is 4.70. The van der Waals surface area contributed by atoms with E-state index < -0.39 is 0 Å². The van der Waals surface area contributed by atoms with Crippen molar-refractivity contribution in [1.29, 1.82) is 0 Å². The van der Waals surface area contributed by atoms with E-state index in [9.17, 15) is 4.79 Å². The van der Waals surface area contributed by atoms with E-state index in [1.165, 1.54) is 0 Å². The molecule has 2 unspecified atom stereocenters. The number of nitrogens with zero attached hydrogens (tertiary/aromatic N) is 2. The lowest BCUT2D eigenvalue weighted by atomic mass is 10.2. The largest absolute Gasteiger partial charge is 0.379 e. The van der Waals surface area contributed by atoms with Crippen molar-refractivity contribution in [2.45, 2.75) is 25.4 Å². The summed E-state index contributed by atoms with van der Waals surface area (Å²) < 4.78 is 6.84. The van der Waals surface area contributed by atoms with Crippen molar-refractivity contribution in [3.05, 3.63) is 16.3 Å². The first-order valence-electron chi connectivity index (χ1n) is 4.70. The predicted molar refractivity (Wildman–Crippen MR) is 49.9 cm³/mol. The van der Waals surface area contributed by atoms with E-state index >= 15 is 0 Å². The summed E-state index contributed by atoms with van der Waals surface area (Å²) in [5.74, 6) is 0.602. The van der Waals surface area contributed by atoms with Crippen LogP contribution in [0, 0.1) is 0 Å². The molecule has 1 aliphatic rings. The van der Waals surface area contributed by atoms with Crippen LogP contribution in [0.1, 0.15) is 31.3 Å². The number of ether oxygens (including phenoxy) is 1. The van der Waals surface area contributed by atoms with Gasteiger partial charge in [0.15, 0.2) is 0 Å². The Labute approximate surface area is 81.1 Å². The molecule has 78 valence electrons. The van der Waals surface area contributed by atoms with Crippen LogP contribution in [0.4, 0.5) is 0 Å². The van der Waals surface area contributed by atoms with Crippen molar-refractivity contribution < 1.29 is 4.74 Å². The summed E-state index contributed by atoms with van der Waals surface area (Å²) in [5.41, 5.74) is 5.51. The Morgan fingerprint density at radius 2 is 2.57 bits per heavy atom. The van der Waals surface area contributed by atoms with Crippen LogP contribution < -0.4 is 11.4 Å². The fourth-order valence-corrected chi connectivity index (χ4v) is 1.72. The Kier molecular flexibility index (Phi) is 2.39. The van der Waals surface area contributed by atoms with Crippen molar-refractivity contribution in [2.75, 3.05) is 13.2 Å². The van der Waals surface area contributed by atoms with Crippen LogP contribution in [-0.4, -0.2) is 28.0 Å². The van der Waals surface area contributed by atoms with Crippen LogP contribution >= 0.6 is 0 Å². The number of hydrogen-bond acceptors (Lipinski definition) is 4. The van der Waals surface area contributed by atoms with E-state index in [-0.39, 0.29) is 17.8 Å². The Balaban J connectivity index is 2.38. The van der Waals surface area contributed by atoms with Gasteiger partial charge in [0.2, 0.25) is 0 Å². The van der Waals surface area contributed by atoms with Crippen molar-refractivity contribution in [1.82, 2.24) is 14.8 Å². The number of rotatable bonds is 2. The van der Waals surface area contributed by atoms with Crippen LogP contribution in [0.2, 0.25) is 0 Å². The molecule has 6 nitrogen and oxygen atoms in total. The first-order chi connectivity index (χ1) is 6.70. The maximum absolute atomic E-state index is 11.5. The average molecular weight is 198 g/mol. The number of nitrogens with two attached hydrogens (primary N) is 1. The molecule has 0 saturated carbocycles. The summed E-state index contributed by atoms with van der Waals surface area (Å²) in [6.07, 6.45) is 0.846. The Morgan fingerprint density at radius 1 is 1.79 bits per heavy atom. The van der Waals surface area contributed by atoms with Crippen molar-refractivity contribution in [3.8, 4) is 0 Å². The average Bonchev–Trinajstić information content (AvgIpc) is 2.71. The molecule has 0 aromatic carbocycles. The summed E-state index contributed by atoms with van der Waals surface area (Å²) in [6.45, 7) is 3.07. The molecule has 2 heterocycles. The zero-order valence-corrected chi connectivity index (χ0v) is 8.06. The quantitative estimate of drug-likeness (QED) is 0.674. The zero-order chi connectivity index (χ0) is 10.1. The summed E-state index contributed by atoms with van der Waals surface area (Å²) >= 11 is 0. The van der Waals surface area contributed by atoms with E-state index in [4.69, 9.17) is 10.5 Å². The number of nitrogens with one attached hydrogen (secondary N) is 1. The SMILES string of the molecule is CC(N)c1n[nH]c(=O)n1C1CCOC1. The number of aromatic nitrogens is 3. The molecule has 1 saturated heterocycles. The van der Waals surface area contributed by atoms with E-state index in [1.54, 1.807) is 4.57 Å². The van der Waals surface area contributed by atoms with Gasteiger partial charge in [-0.05, 0) is 13.3 Å². The fourth-order valence-electron chi connectivity index (χ4n) is 1.72. The molecule has 6 heteroatoms. The Bertz CT molecular complexity index is 362. The van der Waals surface area contributed by atoms with Gasteiger partial charge in [-0.15, -0.1) is 0 Å². The predicted octanol–water partition coefficient (Wildman–Crippen LogP) is -0.447. The maximum Gasteiger partial charge on any atom is 0.343 e. The lowest BCUT2D eigenvalue weighted by molar-refractivity contribution is 0.185. The van der Waals surface area contributed by atoms with Gasteiger partial charge in [0.05, 0.1) is 18.7 Å². The minimum atomic E-state index is -0.241. The van der Waals surface area contributed by atoms with Crippen LogP contribution in [0.25, 0.3) is 0 Å². The smallest absolute Gasteiger partial charge is 0.343 e. The molecule has 0 bridgehead atoms. The van der Waals surface area contributed by atoms with Crippen LogP contribution in [0.15, 0.2) is 4.79 Å². The van der Waals surface area contributed by atoms with Gasteiger partial charge in [0.25, 0.3) is 0 Å². The molecular formula is C8H14N4O2. The molecular weight excluding hydrogens is 184 g/mol. The Morgan fingerprint density at radius 3 is 3.14 bits per heavy atom. The van der Waals surface area contributed by atoms with Gasteiger partial charge in [-0.25, -0.2) is 9.89 Å². The van der Waals surface area contributed by atoms with Crippen LogP contribution in [-0.2, 0) is 4.74 Å². The lowest BCUT2D eigenvalue weighted by Crippen LogP contribution is -2.26. The van der Waals surface area contributed by atoms with Gasteiger partial charge in [-0.2, -0.15) is 5.10 Å². The number of hydrogen-bond donors (Lipinski definition) is 2. The highest BCUT2D eigenvalue weighted by atomic mass is 16.5. The summed E-state index contributed by atoms with van der Waals surface area (Å²) in [7, 11) is 0. The van der Waals surface area contributed by atoms with Gasteiger partial charge in [0.1, 0.15) is 5.82 Å². The molecule has 14 heavy (non-hydrogen) atoms. The summed E-state index contributed by atoms with van der Waals surface area (Å²) in [5, 5.41) is 6.32. The van der Waals surface area contributed by atoms with Crippen molar-refractivity contribution >= 4 is 0 Å². The topological polar surface area (TPSA) is 85.9 Å². The minimum Gasteiger partial charge on any atom is -0.379 e. The second kappa shape index (κ2) is 3.55. The molecule has 2 rings (SSSR count). The first kappa shape index (κ1) is 9.42. The highest BCUT2D eigenvalue weighted by Gasteiger charge is 2.24. The second-order valence-corrected chi connectivity index (χ2v) is 3.56.